The number of likely N-dealkylation sites (tertiary alicyclic amines) is 1. The van der Waals surface area contributed by atoms with Crippen LogP contribution in [0.1, 0.15) is 43.9 Å². The van der Waals surface area contributed by atoms with Gasteiger partial charge < -0.3 is 14.6 Å². The number of fused-ring (bicyclic) bond motifs is 1. The highest BCUT2D eigenvalue weighted by Gasteiger charge is 2.38. The summed E-state index contributed by atoms with van der Waals surface area (Å²) in [7, 11) is 0. The molecule has 0 aliphatic carbocycles. The average molecular weight is 474 g/mol. The monoisotopic (exact) mass is 473 g/mol. The first-order valence-electron chi connectivity index (χ1n) is 12.3. The number of phenols is 1. The molecule has 0 saturated carbocycles. The van der Waals surface area contributed by atoms with Crippen LogP contribution >= 0.6 is 0 Å². The van der Waals surface area contributed by atoms with Crippen LogP contribution in [0.3, 0.4) is 0 Å². The highest BCUT2D eigenvalue weighted by molar-refractivity contribution is 5.75. The third-order valence-corrected chi connectivity index (χ3v) is 7.20. The Morgan fingerprint density at radius 1 is 1.09 bits per heavy atom. The van der Waals surface area contributed by atoms with Gasteiger partial charge in [-0.05, 0) is 86.8 Å². The second kappa shape index (κ2) is 9.38. The molecular weight excluding hydrogens is 441 g/mol. The van der Waals surface area contributed by atoms with E-state index >= 15 is 0 Å². The van der Waals surface area contributed by atoms with Crippen LogP contribution in [0.25, 0.3) is 5.57 Å². The van der Waals surface area contributed by atoms with Gasteiger partial charge in [0.15, 0.2) is 5.60 Å². The molecule has 3 aromatic carbocycles. The lowest BCUT2D eigenvalue weighted by molar-refractivity contribution is 0.158. The maximum atomic E-state index is 13.8. The standard InChI is InChI=1S/C30H32FNO3/c1-20-14-15-32(18-20)22(3)19-34-27-11-6-24(7-12-27)30(23-4-8-25(31)9-5-23)17-21(2)28-16-26(33)10-13-29(28)35-30/h4-13,16-17,20,22,33H,14-15,18-19H2,1-3H3/t20-,22+,30?/m1/s1. The third-order valence-electron chi connectivity index (χ3n) is 7.20. The molecule has 0 aromatic heterocycles. The molecule has 1 unspecified atom stereocenters. The summed E-state index contributed by atoms with van der Waals surface area (Å²) in [5.41, 5.74) is 2.62. The topological polar surface area (TPSA) is 41.9 Å². The summed E-state index contributed by atoms with van der Waals surface area (Å²) in [5.74, 6) is 2.12. The lowest BCUT2D eigenvalue weighted by atomic mass is 9.81. The van der Waals surface area contributed by atoms with Crippen LogP contribution in [0.2, 0.25) is 0 Å². The molecule has 5 rings (SSSR count). The van der Waals surface area contributed by atoms with Crippen molar-refractivity contribution in [3.8, 4) is 17.2 Å². The fourth-order valence-corrected chi connectivity index (χ4v) is 5.14. The highest BCUT2D eigenvalue weighted by Crippen LogP contribution is 2.46. The summed E-state index contributed by atoms with van der Waals surface area (Å²) in [6.07, 6.45) is 3.29. The van der Waals surface area contributed by atoms with Gasteiger partial charge in [0.05, 0.1) is 0 Å². The molecule has 1 saturated heterocycles. The summed E-state index contributed by atoms with van der Waals surface area (Å²) in [6.45, 7) is 9.42. The minimum Gasteiger partial charge on any atom is -0.508 e. The predicted molar refractivity (Wildman–Crippen MR) is 136 cm³/mol. The number of halogens is 1. The number of benzene rings is 3. The Morgan fingerprint density at radius 2 is 1.77 bits per heavy atom. The second-order valence-corrected chi connectivity index (χ2v) is 9.93. The molecule has 4 nitrogen and oxygen atoms in total. The maximum Gasteiger partial charge on any atom is 0.178 e. The van der Waals surface area contributed by atoms with Crippen LogP contribution < -0.4 is 9.47 Å². The Labute approximate surface area is 206 Å². The van der Waals surface area contributed by atoms with Gasteiger partial charge in [-0.25, -0.2) is 4.39 Å². The Bertz CT molecular complexity index is 1220. The van der Waals surface area contributed by atoms with Crippen molar-refractivity contribution in [2.24, 2.45) is 5.92 Å². The third kappa shape index (κ3) is 4.65. The molecule has 2 aliphatic rings. The van der Waals surface area contributed by atoms with Gasteiger partial charge in [-0.3, -0.25) is 4.90 Å². The fourth-order valence-electron chi connectivity index (χ4n) is 5.14. The molecule has 3 atom stereocenters. The van der Waals surface area contributed by atoms with Crippen molar-refractivity contribution in [1.29, 1.82) is 0 Å². The predicted octanol–water partition coefficient (Wildman–Crippen LogP) is 6.38. The molecule has 0 amide bonds. The molecule has 0 radical (unpaired) electrons. The highest BCUT2D eigenvalue weighted by atomic mass is 19.1. The molecule has 2 aliphatic heterocycles. The van der Waals surface area contributed by atoms with Crippen LogP contribution in [-0.2, 0) is 5.60 Å². The van der Waals surface area contributed by atoms with E-state index in [1.54, 1.807) is 30.3 Å². The van der Waals surface area contributed by atoms with Crippen LogP contribution in [0.15, 0.2) is 72.8 Å². The van der Waals surface area contributed by atoms with Crippen molar-refractivity contribution in [2.45, 2.75) is 38.8 Å². The van der Waals surface area contributed by atoms with Crippen LogP contribution in [0, 0.1) is 11.7 Å². The van der Waals surface area contributed by atoms with Gasteiger partial charge in [0, 0.05) is 29.3 Å². The first kappa shape index (κ1) is 23.4. The van der Waals surface area contributed by atoms with Crippen molar-refractivity contribution in [3.63, 3.8) is 0 Å². The number of rotatable bonds is 6. The number of phenolic OH excluding ortho intramolecular Hbond substituents is 1. The molecular formula is C30H32FNO3. The largest absolute Gasteiger partial charge is 0.508 e. The van der Waals surface area contributed by atoms with Gasteiger partial charge in [0.25, 0.3) is 0 Å². The molecule has 2 heterocycles. The minimum absolute atomic E-state index is 0.188. The summed E-state index contributed by atoms with van der Waals surface area (Å²) in [6, 6.07) is 19.8. The number of allylic oxidation sites excluding steroid dienone is 1. The van der Waals surface area contributed by atoms with E-state index < -0.39 is 5.60 Å². The number of aromatic hydroxyl groups is 1. The van der Waals surface area contributed by atoms with E-state index in [9.17, 15) is 9.50 Å². The van der Waals surface area contributed by atoms with Crippen LogP contribution in [-0.4, -0.2) is 35.7 Å². The lowest BCUT2D eigenvalue weighted by Crippen LogP contribution is -2.35. The smallest absolute Gasteiger partial charge is 0.178 e. The number of ether oxygens (including phenoxy) is 2. The molecule has 1 N–H and O–H groups in total. The van der Waals surface area contributed by atoms with E-state index in [0.29, 0.717) is 18.4 Å². The lowest BCUT2D eigenvalue weighted by Gasteiger charge is -2.37. The Hall–Kier alpha value is -3.31. The molecule has 35 heavy (non-hydrogen) atoms. The van der Waals surface area contributed by atoms with Gasteiger partial charge >= 0.3 is 0 Å². The van der Waals surface area contributed by atoms with Gasteiger partial charge in [0.1, 0.15) is 29.7 Å². The minimum atomic E-state index is -0.931. The summed E-state index contributed by atoms with van der Waals surface area (Å²) in [4.78, 5) is 2.49. The van der Waals surface area contributed by atoms with E-state index in [1.807, 2.05) is 37.3 Å². The second-order valence-electron chi connectivity index (χ2n) is 9.93. The molecule has 0 spiro atoms. The van der Waals surface area contributed by atoms with E-state index in [1.165, 1.54) is 18.6 Å². The zero-order chi connectivity index (χ0) is 24.6. The van der Waals surface area contributed by atoms with Crippen molar-refractivity contribution in [1.82, 2.24) is 4.90 Å². The summed E-state index contributed by atoms with van der Waals surface area (Å²) < 4.78 is 26.5. The van der Waals surface area contributed by atoms with Gasteiger partial charge in [-0.1, -0.05) is 31.2 Å². The molecule has 5 heteroatoms. The summed E-state index contributed by atoms with van der Waals surface area (Å²) >= 11 is 0. The number of hydrogen-bond acceptors (Lipinski definition) is 4. The van der Waals surface area contributed by atoms with E-state index in [4.69, 9.17) is 9.47 Å². The maximum absolute atomic E-state index is 13.8. The quantitative estimate of drug-likeness (QED) is 0.451. The van der Waals surface area contributed by atoms with Crippen molar-refractivity contribution < 1.29 is 19.0 Å². The fraction of sp³-hybridized carbons (Fsp3) is 0.333. The zero-order valence-electron chi connectivity index (χ0n) is 20.5. The van der Waals surface area contributed by atoms with Gasteiger partial charge in [0.2, 0.25) is 0 Å². The first-order valence-corrected chi connectivity index (χ1v) is 12.3. The van der Waals surface area contributed by atoms with E-state index in [2.05, 4.69) is 18.7 Å². The Morgan fingerprint density at radius 3 is 2.43 bits per heavy atom. The molecule has 182 valence electrons. The molecule has 3 aromatic rings. The molecule has 0 bridgehead atoms. The van der Waals surface area contributed by atoms with Gasteiger partial charge in [-0.2, -0.15) is 0 Å². The van der Waals surface area contributed by atoms with Crippen molar-refractivity contribution >= 4 is 5.57 Å². The average Bonchev–Trinajstić information content (AvgIpc) is 3.30. The number of nitrogens with zero attached hydrogens (tertiary/aromatic N) is 1. The summed E-state index contributed by atoms with van der Waals surface area (Å²) in [5, 5.41) is 9.96. The SMILES string of the molecule is CC1=CC(c2ccc(F)cc2)(c2ccc(OC[C@H](C)N3CC[C@@H](C)C3)cc2)Oc2ccc(O)cc21. The Balaban J connectivity index is 1.44. The molecule has 1 fully saturated rings. The van der Waals surface area contributed by atoms with Crippen molar-refractivity contribution in [2.75, 3.05) is 19.7 Å². The van der Waals surface area contributed by atoms with Gasteiger partial charge in [-0.15, -0.1) is 0 Å². The normalized spacial score (nSPS) is 22.7. The Kier molecular flexibility index (Phi) is 6.28. The van der Waals surface area contributed by atoms with Crippen LogP contribution in [0.4, 0.5) is 4.39 Å². The first-order chi connectivity index (χ1) is 16.8. The zero-order valence-corrected chi connectivity index (χ0v) is 20.5. The van der Waals surface area contributed by atoms with E-state index in [-0.39, 0.29) is 11.6 Å². The number of hydrogen-bond donors (Lipinski definition) is 1. The van der Waals surface area contributed by atoms with E-state index in [0.717, 1.165) is 47.0 Å². The van der Waals surface area contributed by atoms with Crippen LogP contribution in [0.5, 0.6) is 17.2 Å². The van der Waals surface area contributed by atoms with Crippen molar-refractivity contribution in [3.05, 3.63) is 95.3 Å².